The Morgan fingerprint density at radius 2 is 1.45 bits per heavy atom. The number of aryl methyl sites for hydroxylation is 2. The lowest BCUT2D eigenvalue weighted by Crippen LogP contribution is -2.55. The van der Waals surface area contributed by atoms with E-state index < -0.39 is 65.5 Å². The number of alkyl carbamates (subject to hydrolysis) is 1. The van der Waals surface area contributed by atoms with E-state index in [1.165, 1.54) is 4.90 Å². The van der Waals surface area contributed by atoms with Gasteiger partial charge >= 0.3 is 12.1 Å². The van der Waals surface area contributed by atoms with Crippen LogP contribution < -0.4 is 16.4 Å². The molecule has 2 aromatic rings. The second-order valence-electron chi connectivity index (χ2n) is 13.8. The number of hydrogen-bond acceptors (Lipinski definition) is 7. The summed E-state index contributed by atoms with van der Waals surface area (Å²) in [6.07, 6.45) is -0.0900. The summed E-state index contributed by atoms with van der Waals surface area (Å²) in [6, 6.07) is 10.9. The van der Waals surface area contributed by atoms with Gasteiger partial charge in [-0.1, -0.05) is 61.9 Å². The zero-order chi connectivity index (χ0) is 35.5. The van der Waals surface area contributed by atoms with Crippen LogP contribution in [0.3, 0.4) is 0 Å². The summed E-state index contributed by atoms with van der Waals surface area (Å²) in [7, 11) is 0. The van der Waals surface area contributed by atoms with Crippen molar-refractivity contribution < 1.29 is 33.4 Å². The molecule has 3 atom stereocenters. The van der Waals surface area contributed by atoms with E-state index in [9.17, 15) is 24.0 Å². The summed E-state index contributed by atoms with van der Waals surface area (Å²) in [5.41, 5.74) is 6.98. The predicted octanol–water partition coefficient (Wildman–Crippen LogP) is 4.81. The number of ether oxygens (including phenoxy) is 2. The minimum atomic E-state index is -1.41. The standard InChI is InChI=1S/C36H52N4O7/c1-10-11-19-40(32(43)27(22-29(37)41)39-34(45)47-36(7,8)9)30(26-18-17-23(2)24(3)20-26)31(42)38-28(33(44)46-35(4,5)6)21-25-15-13-12-14-16-25/h12-18,20,27-28,30H,10-11,19,21-22H2,1-9H3,(H2,37,41)(H,38,42)(H,39,45). The topological polar surface area (TPSA) is 157 Å². The molecule has 0 saturated heterocycles. The second-order valence-corrected chi connectivity index (χ2v) is 13.8. The SMILES string of the molecule is CCCCN(C(=O)C(CC(N)=O)NC(=O)OC(C)(C)C)C(C(=O)NC(Cc1ccccc1)C(=O)OC(C)(C)C)c1ccc(C)c(C)c1. The molecule has 0 radical (unpaired) electrons. The van der Waals surface area contributed by atoms with Crippen molar-refractivity contribution in [2.24, 2.45) is 5.73 Å². The first-order valence-electron chi connectivity index (χ1n) is 16.0. The molecule has 0 heterocycles. The summed E-state index contributed by atoms with van der Waals surface area (Å²) in [5, 5.41) is 5.36. The number of rotatable bonds is 14. The molecule has 0 aromatic heterocycles. The fourth-order valence-corrected chi connectivity index (χ4v) is 4.82. The Morgan fingerprint density at radius 1 is 0.830 bits per heavy atom. The molecule has 0 saturated carbocycles. The largest absolute Gasteiger partial charge is 0.458 e. The molecule has 0 fully saturated rings. The van der Waals surface area contributed by atoms with Crippen LogP contribution in [0.25, 0.3) is 0 Å². The Hall–Kier alpha value is -4.41. The zero-order valence-corrected chi connectivity index (χ0v) is 29.3. The third-order valence-electron chi connectivity index (χ3n) is 7.13. The van der Waals surface area contributed by atoms with Crippen molar-refractivity contribution in [3.05, 3.63) is 70.8 Å². The maximum Gasteiger partial charge on any atom is 0.408 e. The van der Waals surface area contributed by atoms with Crippen LogP contribution in [0.15, 0.2) is 48.5 Å². The third-order valence-corrected chi connectivity index (χ3v) is 7.13. The number of nitrogens with two attached hydrogens (primary N) is 1. The van der Waals surface area contributed by atoms with E-state index in [4.69, 9.17) is 15.2 Å². The lowest BCUT2D eigenvalue weighted by atomic mass is 9.97. The molecule has 0 spiro atoms. The summed E-state index contributed by atoms with van der Waals surface area (Å²) in [4.78, 5) is 68.5. The maximum absolute atomic E-state index is 14.5. The van der Waals surface area contributed by atoms with E-state index in [0.717, 1.165) is 16.7 Å². The van der Waals surface area contributed by atoms with Crippen LogP contribution in [0.5, 0.6) is 0 Å². The zero-order valence-electron chi connectivity index (χ0n) is 29.3. The number of esters is 1. The highest BCUT2D eigenvalue weighted by atomic mass is 16.6. The van der Waals surface area contributed by atoms with Crippen molar-refractivity contribution in [1.29, 1.82) is 0 Å². The molecule has 11 nitrogen and oxygen atoms in total. The van der Waals surface area contributed by atoms with Crippen LogP contribution in [0, 0.1) is 13.8 Å². The van der Waals surface area contributed by atoms with Crippen molar-refractivity contribution in [2.75, 3.05) is 6.54 Å². The average molecular weight is 653 g/mol. The number of nitrogens with one attached hydrogen (secondary N) is 2. The molecule has 11 heteroatoms. The summed E-state index contributed by atoms with van der Waals surface area (Å²) in [5.74, 6) is -2.77. The molecule has 2 rings (SSSR count). The number of nitrogens with zero attached hydrogens (tertiary/aromatic N) is 1. The van der Waals surface area contributed by atoms with Gasteiger partial charge in [-0.3, -0.25) is 14.4 Å². The van der Waals surface area contributed by atoms with E-state index >= 15 is 0 Å². The molecule has 47 heavy (non-hydrogen) atoms. The van der Waals surface area contributed by atoms with Gasteiger partial charge in [0.25, 0.3) is 0 Å². The molecule has 0 aliphatic rings. The normalized spacial score (nSPS) is 13.5. The minimum absolute atomic E-state index is 0.112. The number of unbranched alkanes of at least 4 members (excludes halogenated alkanes) is 1. The molecule has 0 aliphatic heterocycles. The highest BCUT2D eigenvalue weighted by Crippen LogP contribution is 2.26. The highest BCUT2D eigenvalue weighted by Gasteiger charge is 2.38. The third kappa shape index (κ3) is 13.1. The van der Waals surface area contributed by atoms with Crippen molar-refractivity contribution in [3.63, 3.8) is 0 Å². The summed E-state index contributed by atoms with van der Waals surface area (Å²) < 4.78 is 11.0. The number of primary amides is 1. The van der Waals surface area contributed by atoms with Crippen LogP contribution >= 0.6 is 0 Å². The van der Waals surface area contributed by atoms with Gasteiger partial charge in [-0.15, -0.1) is 0 Å². The lowest BCUT2D eigenvalue weighted by Gasteiger charge is -2.35. The van der Waals surface area contributed by atoms with E-state index in [2.05, 4.69) is 10.6 Å². The van der Waals surface area contributed by atoms with E-state index in [-0.39, 0.29) is 13.0 Å². The Morgan fingerprint density at radius 3 is 1.98 bits per heavy atom. The van der Waals surface area contributed by atoms with E-state index in [1.807, 2.05) is 63.2 Å². The Kier molecular flexibility index (Phi) is 14.0. The van der Waals surface area contributed by atoms with Crippen LogP contribution in [0.1, 0.15) is 96.0 Å². The molecular formula is C36H52N4O7. The maximum atomic E-state index is 14.5. The number of benzene rings is 2. The number of hydrogen-bond donors (Lipinski definition) is 3. The van der Waals surface area contributed by atoms with Crippen LogP contribution in [-0.4, -0.2) is 64.5 Å². The summed E-state index contributed by atoms with van der Waals surface area (Å²) in [6.45, 7) is 16.1. The van der Waals surface area contributed by atoms with Gasteiger partial charge in [0, 0.05) is 13.0 Å². The van der Waals surface area contributed by atoms with E-state index in [0.29, 0.717) is 18.4 Å². The van der Waals surface area contributed by atoms with Gasteiger partial charge in [0.05, 0.1) is 6.42 Å². The molecule has 4 amide bonds. The molecule has 3 unspecified atom stereocenters. The second kappa shape index (κ2) is 16.9. The first-order chi connectivity index (χ1) is 21.8. The average Bonchev–Trinajstić information content (AvgIpc) is 2.94. The predicted molar refractivity (Wildman–Crippen MR) is 180 cm³/mol. The number of carbonyl (C=O) groups is 5. The fourth-order valence-electron chi connectivity index (χ4n) is 4.82. The van der Waals surface area contributed by atoms with Gasteiger partial charge in [0.15, 0.2) is 0 Å². The molecule has 4 N–H and O–H groups in total. The molecule has 2 aromatic carbocycles. The molecule has 258 valence electrons. The number of amides is 4. The van der Waals surface area contributed by atoms with Crippen molar-refractivity contribution in [1.82, 2.24) is 15.5 Å². The van der Waals surface area contributed by atoms with Crippen LogP contribution in [-0.2, 0) is 35.1 Å². The van der Waals surface area contributed by atoms with Gasteiger partial charge < -0.3 is 30.7 Å². The molecular weight excluding hydrogens is 600 g/mol. The van der Waals surface area contributed by atoms with Gasteiger partial charge in [-0.2, -0.15) is 0 Å². The van der Waals surface area contributed by atoms with Gasteiger partial charge in [0.1, 0.15) is 29.3 Å². The molecule has 0 bridgehead atoms. The van der Waals surface area contributed by atoms with Crippen molar-refractivity contribution >= 4 is 29.8 Å². The lowest BCUT2D eigenvalue weighted by molar-refractivity contribution is -0.159. The van der Waals surface area contributed by atoms with Gasteiger partial charge in [-0.25, -0.2) is 9.59 Å². The minimum Gasteiger partial charge on any atom is -0.458 e. The number of carbonyl (C=O) groups excluding carboxylic acids is 5. The Labute approximate surface area is 278 Å². The smallest absolute Gasteiger partial charge is 0.408 e. The fraction of sp³-hybridized carbons (Fsp3) is 0.528. The van der Waals surface area contributed by atoms with Gasteiger partial charge in [0.2, 0.25) is 17.7 Å². The van der Waals surface area contributed by atoms with Gasteiger partial charge in [-0.05, 0) is 84.1 Å². The first-order valence-corrected chi connectivity index (χ1v) is 16.0. The Bertz CT molecular complexity index is 1400. The highest BCUT2D eigenvalue weighted by molar-refractivity contribution is 5.95. The quantitative estimate of drug-likeness (QED) is 0.247. The first kappa shape index (κ1) is 38.8. The summed E-state index contributed by atoms with van der Waals surface area (Å²) >= 11 is 0. The Balaban J connectivity index is 2.65. The molecule has 0 aliphatic carbocycles. The van der Waals surface area contributed by atoms with Crippen molar-refractivity contribution in [2.45, 2.75) is 117 Å². The monoisotopic (exact) mass is 652 g/mol. The van der Waals surface area contributed by atoms with E-state index in [1.54, 1.807) is 47.6 Å². The van der Waals surface area contributed by atoms with Crippen molar-refractivity contribution in [3.8, 4) is 0 Å². The van der Waals surface area contributed by atoms with Crippen LogP contribution in [0.4, 0.5) is 4.79 Å². The van der Waals surface area contributed by atoms with Crippen LogP contribution in [0.2, 0.25) is 0 Å².